The second-order valence-electron chi connectivity index (χ2n) is 8.79. The van der Waals surface area contributed by atoms with E-state index in [0.717, 1.165) is 31.9 Å². The van der Waals surface area contributed by atoms with Crippen LogP contribution in [0.2, 0.25) is 0 Å². The molecule has 0 aromatic rings. The summed E-state index contributed by atoms with van der Waals surface area (Å²) >= 11 is 0. The number of carbonyl (C=O) groups is 1. The lowest BCUT2D eigenvalue weighted by Crippen LogP contribution is -2.61. The molecule has 11 heteroatoms. The van der Waals surface area contributed by atoms with Crippen molar-refractivity contribution in [2.45, 2.75) is 76.7 Å². The largest absolute Gasteiger partial charge is 0.405 e. The van der Waals surface area contributed by atoms with Crippen molar-refractivity contribution in [2.24, 2.45) is 11.8 Å². The Balaban J connectivity index is 2.03. The number of nitrogens with one attached hydrogen (secondary N) is 2. The van der Waals surface area contributed by atoms with E-state index in [1.165, 1.54) is 4.90 Å². The fourth-order valence-electron chi connectivity index (χ4n) is 4.36. The molecule has 2 amide bonds. The van der Waals surface area contributed by atoms with Gasteiger partial charge in [-0.2, -0.15) is 13.2 Å². The van der Waals surface area contributed by atoms with Gasteiger partial charge >= 0.3 is 12.2 Å². The Bertz CT molecular complexity index is 664. The molecule has 2 unspecified atom stereocenters. The van der Waals surface area contributed by atoms with E-state index in [1.807, 2.05) is 5.32 Å². The van der Waals surface area contributed by atoms with Crippen LogP contribution in [-0.4, -0.2) is 69.7 Å². The number of nitrogens with zero attached hydrogens (tertiary/aromatic N) is 1. The molecule has 2 N–H and O–H groups in total. The molecular formula is C19H34F3N3O4S. The molecule has 30 heavy (non-hydrogen) atoms. The van der Waals surface area contributed by atoms with Gasteiger partial charge in [0.15, 0.2) is 0 Å². The number of hydrogen-bond donors (Lipinski definition) is 2. The number of likely N-dealkylation sites (tertiary alicyclic amines) is 1. The number of carbonyl (C=O) groups excluding carboxylic acids is 1. The van der Waals surface area contributed by atoms with Crippen molar-refractivity contribution in [3.8, 4) is 0 Å². The van der Waals surface area contributed by atoms with Crippen LogP contribution in [0.25, 0.3) is 0 Å². The number of urea groups is 1. The zero-order valence-electron chi connectivity index (χ0n) is 17.9. The maximum absolute atomic E-state index is 12.5. The van der Waals surface area contributed by atoms with Gasteiger partial charge in [-0.25, -0.2) is 17.9 Å². The van der Waals surface area contributed by atoms with E-state index in [-0.39, 0.29) is 19.3 Å². The van der Waals surface area contributed by atoms with E-state index in [1.54, 1.807) is 0 Å². The summed E-state index contributed by atoms with van der Waals surface area (Å²) in [7, 11) is -3.55. The Kier molecular flexibility index (Phi) is 8.81. The minimum Gasteiger partial charge on any atom is -0.376 e. The number of halogens is 3. The van der Waals surface area contributed by atoms with Gasteiger partial charge in [0.2, 0.25) is 10.0 Å². The van der Waals surface area contributed by atoms with Gasteiger partial charge in [0.05, 0.1) is 25.0 Å². The monoisotopic (exact) mass is 457 g/mol. The van der Waals surface area contributed by atoms with Crippen LogP contribution >= 0.6 is 0 Å². The number of alkyl halides is 3. The first-order chi connectivity index (χ1) is 13.9. The van der Waals surface area contributed by atoms with Crippen molar-refractivity contribution in [3.05, 3.63) is 0 Å². The minimum absolute atomic E-state index is 0.0147. The highest BCUT2D eigenvalue weighted by atomic mass is 32.2. The maximum Gasteiger partial charge on any atom is 0.405 e. The SMILES string of the molecule is CC(C)C1CCC(OCC2C(NS(C)(=O)=O)CCCN2C(=O)NCC(F)(F)F)CC1. The highest BCUT2D eigenvalue weighted by Gasteiger charge is 2.38. The van der Waals surface area contributed by atoms with Crippen LogP contribution in [0, 0.1) is 11.8 Å². The van der Waals surface area contributed by atoms with Crippen LogP contribution < -0.4 is 10.0 Å². The molecule has 1 saturated heterocycles. The van der Waals surface area contributed by atoms with Crippen molar-refractivity contribution in [3.63, 3.8) is 0 Å². The van der Waals surface area contributed by atoms with E-state index in [0.29, 0.717) is 24.7 Å². The van der Waals surface area contributed by atoms with Crippen LogP contribution in [0.5, 0.6) is 0 Å². The summed E-state index contributed by atoms with van der Waals surface area (Å²) < 4.78 is 69.6. The smallest absolute Gasteiger partial charge is 0.376 e. The summed E-state index contributed by atoms with van der Waals surface area (Å²) in [5.41, 5.74) is 0. The van der Waals surface area contributed by atoms with Gasteiger partial charge in [-0.3, -0.25) is 0 Å². The lowest BCUT2D eigenvalue weighted by Gasteiger charge is -2.42. The summed E-state index contributed by atoms with van der Waals surface area (Å²) in [4.78, 5) is 13.7. The molecule has 0 radical (unpaired) electrons. The molecule has 1 aliphatic carbocycles. The van der Waals surface area contributed by atoms with E-state index in [9.17, 15) is 26.4 Å². The normalized spacial score (nSPS) is 28.6. The highest BCUT2D eigenvalue weighted by Crippen LogP contribution is 2.32. The second kappa shape index (κ2) is 10.5. The molecule has 176 valence electrons. The quantitative estimate of drug-likeness (QED) is 0.615. The van der Waals surface area contributed by atoms with Gasteiger partial charge in [0, 0.05) is 12.6 Å². The van der Waals surface area contributed by atoms with Crippen LogP contribution in [0.1, 0.15) is 52.4 Å². The second-order valence-corrected chi connectivity index (χ2v) is 10.6. The lowest BCUT2D eigenvalue weighted by molar-refractivity contribution is -0.123. The van der Waals surface area contributed by atoms with Gasteiger partial charge < -0.3 is 15.0 Å². The average molecular weight is 458 g/mol. The molecule has 1 saturated carbocycles. The third-order valence-electron chi connectivity index (χ3n) is 6.01. The zero-order valence-corrected chi connectivity index (χ0v) is 18.7. The molecule has 0 aromatic carbocycles. The van der Waals surface area contributed by atoms with Crippen molar-refractivity contribution in [2.75, 3.05) is 26.0 Å². The van der Waals surface area contributed by atoms with Crippen molar-refractivity contribution < 1.29 is 31.1 Å². The van der Waals surface area contributed by atoms with Crippen molar-refractivity contribution in [1.82, 2.24) is 14.9 Å². The summed E-state index contributed by atoms with van der Waals surface area (Å²) in [6, 6.07) is -2.12. The number of piperidine rings is 1. The standard InChI is InChI=1S/C19H34F3N3O4S/c1-13(2)14-6-8-15(9-7-14)29-11-17-16(24-30(3,27)28)5-4-10-25(17)18(26)23-12-19(20,21)22/h13-17,24H,4-12H2,1-3H3,(H,23,26). The summed E-state index contributed by atoms with van der Waals surface area (Å²) in [5.74, 6) is 1.27. The Labute approximate surface area is 177 Å². The number of ether oxygens (including phenoxy) is 1. The van der Waals surface area contributed by atoms with Gasteiger partial charge in [0.25, 0.3) is 0 Å². The Hall–Kier alpha value is -1.07. The number of amides is 2. The van der Waals surface area contributed by atoms with Gasteiger partial charge in [-0.15, -0.1) is 0 Å². The van der Waals surface area contributed by atoms with Crippen molar-refractivity contribution >= 4 is 16.1 Å². The summed E-state index contributed by atoms with van der Waals surface area (Å²) in [6.45, 7) is 3.31. The molecule has 2 fully saturated rings. The fourth-order valence-corrected chi connectivity index (χ4v) is 5.19. The minimum atomic E-state index is -4.52. The van der Waals surface area contributed by atoms with Crippen LogP contribution in [0.4, 0.5) is 18.0 Å². The fraction of sp³-hybridized carbons (Fsp3) is 0.947. The predicted octanol–water partition coefficient (Wildman–Crippen LogP) is 2.87. The third kappa shape index (κ3) is 8.22. The molecule has 2 rings (SSSR count). The van der Waals surface area contributed by atoms with Gasteiger partial charge in [0.1, 0.15) is 6.54 Å². The van der Waals surface area contributed by atoms with Gasteiger partial charge in [-0.05, 0) is 50.4 Å². The van der Waals surface area contributed by atoms with E-state index in [2.05, 4.69) is 18.6 Å². The first-order valence-corrected chi connectivity index (χ1v) is 12.4. The van der Waals surface area contributed by atoms with Crippen LogP contribution in [-0.2, 0) is 14.8 Å². The van der Waals surface area contributed by atoms with Crippen LogP contribution in [0.3, 0.4) is 0 Å². The molecule has 0 aromatic heterocycles. The molecule has 1 heterocycles. The molecular weight excluding hydrogens is 423 g/mol. The maximum atomic E-state index is 12.5. The van der Waals surface area contributed by atoms with E-state index >= 15 is 0 Å². The Morgan fingerprint density at radius 3 is 2.33 bits per heavy atom. The zero-order chi connectivity index (χ0) is 22.5. The average Bonchev–Trinajstić information content (AvgIpc) is 2.63. The number of rotatable bonds is 7. The molecule has 1 aliphatic heterocycles. The molecule has 7 nitrogen and oxygen atoms in total. The van der Waals surface area contributed by atoms with E-state index in [4.69, 9.17) is 4.74 Å². The summed E-state index contributed by atoms with van der Waals surface area (Å²) in [6.07, 6.45) is 1.38. The highest BCUT2D eigenvalue weighted by molar-refractivity contribution is 7.88. The van der Waals surface area contributed by atoms with Crippen molar-refractivity contribution in [1.29, 1.82) is 0 Å². The van der Waals surface area contributed by atoms with Crippen LogP contribution in [0.15, 0.2) is 0 Å². The number of hydrogen-bond acceptors (Lipinski definition) is 4. The van der Waals surface area contributed by atoms with Gasteiger partial charge in [-0.1, -0.05) is 13.8 Å². The Morgan fingerprint density at radius 2 is 1.80 bits per heavy atom. The van der Waals surface area contributed by atoms with E-state index < -0.39 is 40.9 Å². The number of sulfonamides is 1. The first kappa shape index (κ1) is 25.2. The molecule has 0 spiro atoms. The molecule has 2 atom stereocenters. The molecule has 0 bridgehead atoms. The topological polar surface area (TPSA) is 87.7 Å². The summed E-state index contributed by atoms with van der Waals surface area (Å²) in [5, 5.41) is 1.89. The lowest BCUT2D eigenvalue weighted by atomic mass is 9.80. The third-order valence-corrected chi connectivity index (χ3v) is 6.74. The molecule has 2 aliphatic rings. The Morgan fingerprint density at radius 1 is 1.17 bits per heavy atom. The predicted molar refractivity (Wildman–Crippen MR) is 107 cm³/mol. The first-order valence-electron chi connectivity index (χ1n) is 10.6.